The molecule has 0 amide bonds. The zero-order valence-corrected chi connectivity index (χ0v) is 11.4. The third kappa shape index (κ3) is 3.40. The van der Waals surface area contributed by atoms with Crippen molar-refractivity contribution in [3.63, 3.8) is 0 Å². The van der Waals surface area contributed by atoms with Crippen LogP contribution in [0.2, 0.25) is 5.02 Å². The summed E-state index contributed by atoms with van der Waals surface area (Å²) in [5.41, 5.74) is 1.34. The van der Waals surface area contributed by atoms with Crippen molar-refractivity contribution in [2.24, 2.45) is 0 Å². The molecule has 1 aromatic heterocycles. The molecule has 4 nitrogen and oxygen atoms in total. The Kier molecular flexibility index (Phi) is 4.49. The summed E-state index contributed by atoms with van der Waals surface area (Å²) >= 11 is 7.07. The highest BCUT2D eigenvalue weighted by molar-refractivity contribution is 7.99. The van der Waals surface area contributed by atoms with Crippen molar-refractivity contribution < 1.29 is 13.9 Å². The minimum atomic E-state index is -0.262. The summed E-state index contributed by atoms with van der Waals surface area (Å²) in [7, 11) is 0. The molecule has 0 fully saturated rings. The normalized spacial score (nSPS) is 10.8. The summed E-state index contributed by atoms with van der Waals surface area (Å²) < 4.78 is 10.4. The Balaban J connectivity index is 1.97. The van der Waals surface area contributed by atoms with Gasteiger partial charge in [0.25, 0.3) is 5.22 Å². The van der Waals surface area contributed by atoms with Gasteiger partial charge in [-0.3, -0.25) is 4.79 Å². The molecule has 0 saturated carbocycles. The molecular weight excluding hydrogens is 274 g/mol. The predicted molar refractivity (Wildman–Crippen MR) is 71.0 cm³/mol. The van der Waals surface area contributed by atoms with E-state index in [0.29, 0.717) is 28.0 Å². The maximum absolute atomic E-state index is 11.3. The third-order valence-corrected chi connectivity index (χ3v) is 3.15. The molecule has 1 aromatic carbocycles. The molecule has 0 aliphatic carbocycles. The van der Waals surface area contributed by atoms with Gasteiger partial charge in [0, 0.05) is 5.02 Å². The van der Waals surface area contributed by atoms with Crippen molar-refractivity contribution in [1.29, 1.82) is 0 Å². The SMILES string of the molecule is CCCOC(=O)CSc1nc2cc(Cl)ccc2o1. The Morgan fingerprint density at radius 3 is 3.17 bits per heavy atom. The lowest BCUT2D eigenvalue weighted by atomic mass is 10.3. The van der Waals surface area contributed by atoms with Crippen LogP contribution in [-0.2, 0) is 9.53 Å². The van der Waals surface area contributed by atoms with Crippen LogP contribution in [0, 0.1) is 0 Å². The van der Waals surface area contributed by atoms with Crippen LogP contribution >= 0.6 is 23.4 Å². The number of fused-ring (bicyclic) bond motifs is 1. The number of carbonyl (C=O) groups excluding carboxylic acids is 1. The number of hydrogen-bond donors (Lipinski definition) is 0. The van der Waals surface area contributed by atoms with E-state index in [2.05, 4.69) is 4.98 Å². The molecule has 0 bridgehead atoms. The first-order chi connectivity index (χ1) is 8.69. The van der Waals surface area contributed by atoms with Gasteiger partial charge in [0.2, 0.25) is 0 Å². The Labute approximate surface area is 114 Å². The summed E-state index contributed by atoms with van der Waals surface area (Å²) in [5.74, 6) is -0.0669. The van der Waals surface area contributed by atoms with Crippen LogP contribution in [0.4, 0.5) is 0 Å². The molecule has 0 spiro atoms. The summed E-state index contributed by atoms with van der Waals surface area (Å²) in [6.45, 7) is 2.40. The number of hydrogen-bond acceptors (Lipinski definition) is 5. The van der Waals surface area contributed by atoms with Crippen LogP contribution in [0.15, 0.2) is 27.8 Å². The Morgan fingerprint density at radius 2 is 2.39 bits per heavy atom. The van der Waals surface area contributed by atoms with Gasteiger partial charge < -0.3 is 9.15 Å². The van der Waals surface area contributed by atoms with Crippen LogP contribution in [0.1, 0.15) is 13.3 Å². The van der Waals surface area contributed by atoms with Crippen LogP contribution in [0.5, 0.6) is 0 Å². The first kappa shape index (κ1) is 13.2. The van der Waals surface area contributed by atoms with E-state index in [1.165, 1.54) is 11.8 Å². The zero-order chi connectivity index (χ0) is 13.0. The number of thioether (sulfide) groups is 1. The van der Waals surface area contributed by atoms with Crippen molar-refractivity contribution in [1.82, 2.24) is 4.98 Å². The number of carbonyl (C=O) groups is 1. The Hall–Kier alpha value is -1.20. The summed E-state index contributed by atoms with van der Waals surface area (Å²) in [4.78, 5) is 15.5. The van der Waals surface area contributed by atoms with E-state index < -0.39 is 0 Å². The van der Waals surface area contributed by atoms with E-state index in [-0.39, 0.29) is 11.7 Å². The number of oxazole rings is 1. The monoisotopic (exact) mass is 285 g/mol. The lowest BCUT2D eigenvalue weighted by molar-refractivity contribution is -0.140. The first-order valence-electron chi connectivity index (χ1n) is 5.53. The summed E-state index contributed by atoms with van der Waals surface area (Å²) in [5, 5.41) is 1.05. The highest BCUT2D eigenvalue weighted by Gasteiger charge is 2.10. The van der Waals surface area contributed by atoms with Gasteiger partial charge in [0.05, 0.1) is 6.61 Å². The molecule has 2 rings (SSSR count). The number of ether oxygens (including phenoxy) is 1. The molecule has 0 N–H and O–H groups in total. The topological polar surface area (TPSA) is 52.3 Å². The number of aromatic nitrogens is 1. The second-order valence-electron chi connectivity index (χ2n) is 3.60. The Bertz CT molecular complexity index is 555. The van der Waals surface area contributed by atoms with E-state index in [4.69, 9.17) is 20.8 Å². The fourth-order valence-corrected chi connectivity index (χ4v) is 2.12. The van der Waals surface area contributed by atoms with Gasteiger partial charge in [-0.2, -0.15) is 0 Å². The molecule has 0 atom stereocenters. The molecule has 1 heterocycles. The highest BCUT2D eigenvalue weighted by Crippen LogP contribution is 2.25. The third-order valence-electron chi connectivity index (χ3n) is 2.11. The van der Waals surface area contributed by atoms with Crippen LogP contribution in [0.25, 0.3) is 11.1 Å². The standard InChI is InChI=1S/C12H12ClNO3S/c1-2-5-16-11(15)7-18-12-14-9-6-8(13)3-4-10(9)17-12/h3-4,6H,2,5,7H2,1H3. The van der Waals surface area contributed by atoms with E-state index in [1.54, 1.807) is 18.2 Å². The minimum Gasteiger partial charge on any atom is -0.465 e. The predicted octanol–water partition coefficient (Wildman–Crippen LogP) is 3.53. The fourth-order valence-electron chi connectivity index (χ4n) is 1.32. The summed E-state index contributed by atoms with van der Waals surface area (Å²) in [6, 6.07) is 5.21. The molecule has 0 radical (unpaired) electrons. The van der Waals surface area contributed by atoms with Gasteiger partial charge >= 0.3 is 5.97 Å². The van der Waals surface area contributed by atoms with Gasteiger partial charge in [0.15, 0.2) is 5.58 Å². The van der Waals surface area contributed by atoms with Gasteiger partial charge in [-0.1, -0.05) is 30.3 Å². The second kappa shape index (κ2) is 6.11. The maximum atomic E-state index is 11.3. The number of rotatable bonds is 5. The zero-order valence-electron chi connectivity index (χ0n) is 9.81. The van der Waals surface area contributed by atoms with E-state index in [9.17, 15) is 4.79 Å². The molecule has 2 aromatic rings. The maximum Gasteiger partial charge on any atom is 0.316 e. The van der Waals surface area contributed by atoms with Crippen LogP contribution in [-0.4, -0.2) is 23.3 Å². The van der Waals surface area contributed by atoms with Crippen molar-refractivity contribution in [3.05, 3.63) is 23.2 Å². The van der Waals surface area contributed by atoms with Crippen LogP contribution < -0.4 is 0 Å². The van der Waals surface area contributed by atoms with E-state index >= 15 is 0 Å². The van der Waals surface area contributed by atoms with Crippen molar-refractivity contribution in [2.75, 3.05) is 12.4 Å². The van der Waals surface area contributed by atoms with Gasteiger partial charge in [-0.15, -0.1) is 0 Å². The molecule has 0 aliphatic rings. The molecular formula is C12H12ClNO3S. The second-order valence-corrected chi connectivity index (χ2v) is 4.96. The van der Waals surface area contributed by atoms with Crippen LogP contribution in [0.3, 0.4) is 0 Å². The minimum absolute atomic E-state index is 0.195. The molecule has 96 valence electrons. The van der Waals surface area contributed by atoms with Crippen molar-refractivity contribution in [2.45, 2.75) is 18.6 Å². The van der Waals surface area contributed by atoms with Crippen molar-refractivity contribution >= 4 is 40.4 Å². The smallest absolute Gasteiger partial charge is 0.316 e. The summed E-state index contributed by atoms with van der Waals surface area (Å²) in [6.07, 6.45) is 0.817. The quantitative estimate of drug-likeness (QED) is 0.621. The van der Waals surface area contributed by atoms with Gasteiger partial charge in [0.1, 0.15) is 11.3 Å². The average molecular weight is 286 g/mol. The number of nitrogens with zero attached hydrogens (tertiary/aromatic N) is 1. The lowest BCUT2D eigenvalue weighted by Crippen LogP contribution is -2.07. The number of benzene rings is 1. The fraction of sp³-hybridized carbons (Fsp3) is 0.333. The molecule has 6 heteroatoms. The average Bonchev–Trinajstić information content (AvgIpc) is 2.75. The van der Waals surface area contributed by atoms with E-state index in [0.717, 1.165) is 6.42 Å². The lowest BCUT2D eigenvalue weighted by Gasteiger charge is -2.00. The molecule has 0 unspecified atom stereocenters. The van der Waals surface area contributed by atoms with E-state index in [1.807, 2.05) is 6.92 Å². The number of halogens is 1. The first-order valence-corrected chi connectivity index (χ1v) is 6.90. The molecule has 0 aliphatic heterocycles. The largest absolute Gasteiger partial charge is 0.465 e. The molecule has 18 heavy (non-hydrogen) atoms. The Morgan fingerprint density at radius 1 is 1.56 bits per heavy atom. The number of esters is 1. The van der Waals surface area contributed by atoms with Gasteiger partial charge in [-0.25, -0.2) is 4.98 Å². The molecule has 0 saturated heterocycles. The van der Waals surface area contributed by atoms with Crippen molar-refractivity contribution in [3.8, 4) is 0 Å². The highest BCUT2D eigenvalue weighted by atomic mass is 35.5. The van der Waals surface area contributed by atoms with Gasteiger partial charge in [-0.05, 0) is 24.6 Å².